The van der Waals surface area contributed by atoms with Gasteiger partial charge in [0, 0.05) is 11.4 Å². The van der Waals surface area contributed by atoms with Gasteiger partial charge in [-0.15, -0.1) is 18.3 Å². The zero-order chi connectivity index (χ0) is 20.0. The number of rotatable bonds is 4. The molecule has 0 fully saturated rings. The summed E-state index contributed by atoms with van der Waals surface area (Å²) >= 11 is 1.65. The number of fused-ring (bicyclic) bond motifs is 2. The summed E-state index contributed by atoms with van der Waals surface area (Å²) in [6, 6.07) is 11.3. The van der Waals surface area contributed by atoms with Crippen molar-refractivity contribution in [2.24, 2.45) is 0 Å². The molecular formula is C23H21NO3S. The van der Waals surface area contributed by atoms with E-state index in [1.807, 2.05) is 56.5 Å². The van der Waals surface area contributed by atoms with Crippen LogP contribution >= 0.6 is 11.8 Å². The Morgan fingerprint density at radius 3 is 2.54 bits per heavy atom. The molecule has 4 nitrogen and oxygen atoms in total. The molecule has 2 aromatic carbocycles. The Morgan fingerprint density at radius 1 is 1.18 bits per heavy atom. The van der Waals surface area contributed by atoms with Crippen LogP contribution in [0, 0.1) is 13.8 Å². The molecule has 1 aliphatic heterocycles. The van der Waals surface area contributed by atoms with Gasteiger partial charge in [-0.1, -0.05) is 24.3 Å². The predicted octanol–water partition coefficient (Wildman–Crippen LogP) is 4.86. The van der Waals surface area contributed by atoms with E-state index in [0.717, 1.165) is 21.6 Å². The van der Waals surface area contributed by atoms with Crippen molar-refractivity contribution in [2.45, 2.75) is 24.8 Å². The van der Waals surface area contributed by atoms with Gasteiger partial charge in [0.25, 0.3) is 5.91 Å². The molecule has 1 atom stereocenters. The highest BCUT2D eigenvalue weighted by Gasteiger charge is 2.42. The third kappa shape index (κ3) is 2.78. The third-order valence-corrected chi connectivity index (χ3v) is 5.91. The fourth-order valence-corrected chi connectivity index (χ4v) is 4.38. The molecule has 0 N–H and O–H groups in total. The summed E-state index contributed by atoms with van der Waals surface area (Å²) in [4.78, 5) is 29.4. The predicted molar refractivity (Wildman–Crippen MR) is 113 cm³/mol. The number of aryl methyl sites for hydroxylation is 2. The molecule has 1 amide bonds. The van der Waals surface area contributed by atoms with Crippen molar-refractivity contribution in [3.63, 3.8) is 0 Å². The number of nitrogens with zero attached hydrogens (tertiary/aromatic N) is 1. The van der Waals surface area contributed by atoms with Gasteiger partial charge in [0.05, 0.1) is 17.0 Å². The molecule has 0 spiro atoms. The molecule has 1 aliphatic rings. The van der Waals surface area contributed by atoms with Crippen molar-refractivity contribution in [3.05, 3.63) is 87.3 Å². The largest absolute Gasteiger partial charge is 0.450 e. The first-order valence-electron chi connectivity index (χ1n) is 9.10. The first kappa shape index (κ1) is 18.6. The maximum atomic E-state index is 13.5. The van der Waals surface area contributed by atoms with Gasteiger partial charge < -0.3 is 9.32 Å². The maximum absolute atomic E-state index is 13.5. The van der Waals surface area contributed by atoms with Gasteiger partial charge in [-0.25, -0.2) is 0 Å². The van der Waals surface area contributed by atoms with E-state index in [1.165, 1.54) is 0 Å². The second kappa shape index (κ2) is 6.99. The van der Waals surface area contributed by atoms with E-state index in [0.29, 0.717) is 23.1 Å². The molecular weight excluding hydrogens is 370 g/mol. The summed E-state index contributed by atoms with van der Waals surface area (Å²) in [5.41, 5.74) is 3.49. The van der Waals surface area contributed by atoms with Gasteiger partial charge in [0.15, 0.2) is 5.43 Å². The number of hydrogen-bond acceptors (Lipinski definition) is 4. The fourth-order valence-electron chi connectivity index (χ4n) is 3.97. The van der Waals surface area contributed by atoms with Gasteiger partial charge in [0.2, 0.25) is 5.76 Å². The molecule has 142 valence electrons. The van der Waals surface area contributed by atoms with Crippen molar-refractivity contribution < 1.29 is 9.21 Å². The number of amides is 1. The SMILES string of the molecule is C=CCN1C(=O)c2oc3cc(C)cc(C)c3c(=O)c2C1c1ccc(SC)cc1. The second-order valence-electron chi connectivity index (χ2n) is 7.05. The minimum atomic E-state index is -0.474. The lowest BCUT2D eigenvalue weighted by molar-refractivity contribution is 0.0748. The third-order valence-electron chi connectivity index (χ3n) is 5.17. The maximum Gasteiger partial charge on any atom is 0.291 e. The van der Waals surface area contributed by atoms with E-state index in [9.17, 15) is 9.59 Å². The van der Waals surface area contributed by atoms with Crippen LogP contribution in [0.3, 0.4) is 0 Å². The Kier molecular flexibility index (Phi) is 4.63. The Hall–Kier alpha value is -2.79. The summed E-state index contributed by atoms with van der Waals surface area (Å²) in [5, 5.41) is 0.545. The second-order valence-corrected chi connectivity index (χ2v) is 7.93. The van der Waals surface area contributed by atoms with Gasteiger partial charge in [-0.05, 0) is 55.0 Å². The van der Waals surface area contributed by atoms with Gasteiger partial charge in [-0.2, -0.15) is 0 Å². The van der Waals surface area contributed by atoms with Crippen LogP contribution in [-0.2, 0) is 0 Å². The van der Waals surface area contributed by atoms with Crippen molar-refractivity contribution in [1.29, 1.82) is 0 Å². The number of carbonyl (C=O) groups is 1. The molecule has 0 aliphatic carbocycles. The van der Waals surface area contributed by atoms with Crippen LogP contribution in [0.5, 0.6) is 0 Å². The van der Waals surface area contributed by atoms with Gasteiger partial charge >= 0.3 is 0 Å². The molecule has 0 saturated heterocycles. The Morgan fingerprint density at radius 2 is 1.89 bits per heavy atom. The monoisotopic (exact) mass is 391 g/mol. The van der Waals surface area contributed by atoms with Crippen molar-refractivity contribution >= 4 is 28.6 Å². The number of hydrogen-bond donors (Lipinski definition) is 0. The van der Waals surface area contributed by atoms with E-state index in [-0.39, 0.29) is 17.1 Å². The van der Waals surface area contributed by atoms with Gasteiger partial charge in [-0.3, -0.25) is 9.59 Å². The molecule has 4 rings (SSSR count). The van der Waals surface area contributed by atoms with E-state index in [1.54, 1.807) is 22.7 Å². The highest BCUT2D eigenvalue weighted by atomic mass is 32.2. The van der Waals surface area contributed by atoms with Crippen LogP contribution in [0.4, 0.5) is 0 Å². The van der Waals surface area contributed by atoms with E-state index < -0.39 is 6.04 Å². The summed E-state index contributed by atoms with van der Waals surface area (Å²) in [5.74, 6) is -0.129. The molecule has 1 unspecified atom stereocenters. The first-order chi connectivity index (χ1) is 13.5. The summed E-state index contributed by atoms with van der Waals surface area (Å²) in [6.45, 7) is 7.96. The van der Waals surface area contributed by atoms with Crippen molar-refractivity contribution in [2.75, 3.05) is 12.8 Å². The van der Waals surface area contributed by atoms with E-state index in [2.05, 4.69) is 6.58 Å². The summed E-state index contributed by atoms with van der Waals surface area (Å²) in [6.07, 6.45) is 3.69. The Bertz CT molecular complexity index is 1160. The van der Waals surface area contributed by atoms with Crippen LogP contribution < -0.4 is 5.43 Å². The lowest BCUT2D eigenvalue weighted by Crippen LogP contribution is -2.29. The summed E-state index contributed by atoms with van der Waals surface area (Å²) in [7, 11) is 0. The lowest BCUT2D eigenvalue weighted by atomic mass is 9.97. The molecule has 3 aromatic rings. The van der Waals surface area contributed by atoms with Crippen molar-refractivity contribution in [1.82, 2.24) is 4.90 Å². The highest BCUT2D eigenvalue weighted by Crippen LogP contribution is 2.38. The van der Waals surface area contributed by atoms with Crippen LogP contribution in [0.1, 0.15) is 38.9 Å². The highest BCUT2D eigenvalue weighted by molar-refractivity contribution is 7.98. The normalized spacial score (nSPS) is 15.9. The van der Waals surface area contributed by atoms with Crippen molar-refractivity contribution in [3.8, 4) is 0 Å². The minimum absolute atomic E-state index is 0.132. The quantitative estimate of drug-likeness (QED) is 0.471. The fraction of sp³-hybridized carbons (Fsp3) is 0.217. The molecule has 0 bridgehead atoms. The topological polar surface area (TPSA) is 50.5 Å². The Labute approximate surface area is 167 Å². The number of benzene rings is 2. The van der Waals surface area contributed by atoms with Crippen LogP contribution in [-0.4, -0.2) is 23.6 Å². The minimum Gasteiger partial charge on any atom is -0.450 e. The number of thioether (sulfide) groups is 1. The van der Waals surface area contributed by atoms with E-state index in [4.69, 9.17) is 4.42 Å². The first-order valence-corrected chi connectivity index (χ1v) is 10.3. The number of carbonyl (C=O) groups excluding carboxylic acids is 1. The van der Waals surface area contributed by atoms with E-state index >= 15 is 0 Å². The smallest absolute Gasteiger partial charge is 0.291 e. The summed E-state index contributed by atoms with van der Waals surface area (Å²) < 4.78 is 6.00. The zero-order valence-electron chi connectivity index (χ0n) is 16.1. The zero-order valence-corrected chi connectivity index (χ0v) is 16.9. The van der Waals surface area contributed by atoms with Crippen LogP contribution in [0.15, 0.2) is 63.2 Å². The van der Waals surface area contributed by atoms with Crippen LogP contribution in [0.25, 0.3) is 11.0 Å². The lowest BCUT2D eigenvalue weighted by Gasteiger charge is -2.23. The average Bonchev–Trinajstić information content (AvgIpc) is 2.94. The van der Waals surface area contributed by atoms with Crippen LogP contribution in [0.2, 0.25) is 0 Å². The Balaban J connectivity index is 2.01. The standard InChI is InChI=1S/C23H21NO3S/c1-5-10-24-20(15-6-8-16(28-4)9-7-15)19-21(25)18-14(3)11-13(2)12-17(18)27-22(19)23(24)26/h5-9,11-12,20H,1,10H2,2-4H3. The molecule has 1 aromatic heterocycles. The average molecular weight is 391 g/mol. The molecule has 28 heavy (non-hydrogen) atoms. The molecule has 0 saturated carbocycles. The molecule has 0 radical (unpaired) electrons. The van der Waals surface area contributed by atoms with Gasteiger partial charge in [0.1, 0.15) is 5.58 Å². The molecule has 2 heterocycles. The molecule has 5 heteroatoms.